The van der Waals surface area contributed by atoms with Crippen LogP contribution in [-0.2, 0) is 9.59 Å². The zero-order valence-electron chi connectivity index (χ0n) is 17.2. The lowest BCUT2D eigenvalue weighted by molar-refractivity contribution is -0.117. The maximum Gasteiger partial charge on any atom is 0.227 e. The van der Waals surface area contributed by atoms with Crippen molar-refractivity contribution >= 4 is 34.0 Å². The highest BCUT2D eigenvalue weighted by Crippen LogP contribution is 2.24. The van der Waals surface area contributed by atoms with Crippen molar-refractivity contribution in [1.82, 2.24) is 5.32 Å². The molecule has 0 spiro atoms. The fourth-order valence-electron chi connectivity index (χ4n) is 4.01. The number of nitrogens with zero attached hydrogens (tertiary/aromatic N) is 1. The molecule has 1 aliphatic heterocycles. The number of nitrogens with one attached hydrogen (secondary N) is 2. The Labute approximate surface area is 177 Å². The highest BCUT2D eigenvalue weighted by molar-refractivity contribution is 5.96. The van der Waals surface area contributed by atoms with Gasteiger partial charge in [-0.25, -0.2) is 0 Å². The predicted octanol–water partition coefficient (Wildman–Crippen LogP) is 4.65. The summed E-state index contributed by atoms with van der Waals surface area (Å²) in [4.78, 5) is 26.0. The van der Waals surface area contributed by atoms with Crippen molar-refractivity contribution < 1.29 is 9.59 Å². The molecule has 2 amide bonds. The zero-order chi connectivity index (χ0) is 20.9. The number of rotatable bonds is 7. The smallest absolute Gasteiger partial charge is 0.227 e. The van der Waals surface area contributed by atoms with Crippen LogP contribution in [0.5, 0.6) is 0 Å². The first-order chi connectivity index (χ1) is 14.6. The van der Waals surface area contributed by atoms with Gasteiger partial charge in [0.15, 0.2) is 0 Å². The van der Waals surface area contributed by atoms with Crippen LogP contribution in [0.25, 0.3) is 10.8 Å². The van der Waals surface area contributed by atoms with Crippen LogP contribution >= 0.6 is 0 Å². The third kappa shape index (κ3) is 4.52. The van der Waals surface area contributed by atoms with Crippen molar-refractivity contribution in [3.8, 4) is 0 Å². The van der Waals surface area contributed by atoms with Crippen LogP contribution in [0.1, 0.15) is 37.8 Å². The molecule has 0 saturated carbocycles. The van der Waals surface area contributed by atoms with Gasteiger partial charge in [0.2, 0.25) is 11.8 Å². The lowest BCUT2D eigenvalue weighted by Crippen LogP contribution is -2.25. The lowest BCUT2D eigenvalue weighted by Gasteiger charge is -2.17. The molecule has 0 aromatic heterocycles. The number of fused-ring (bicyclic) bond motifs is 1. The molecule has 4 rings (SSSR count). The molecule has 3 aromatic carbocycles. The molecule has 0 radical (unpaired) electrons. The topological polar surface area (TPSA) is 61.4 Å². The van der Waals surface area contributed by atoms with E-state index in [1.165, 1.54) is 16.3 Å². The Bertz CT molecular complexity index is 1040. The SMILES string of the molecule is C[C@@H](NCCC(=O)Nc1ccc(N2CCCC2=O)cc1)c1cccc2ccccc12. The van der Waals surface area contributed by atoms with Crippen molar-refractivity contribution in [2.24, 2.45) is 0 Å². The van der Waals surface area contributed by atoms with Gasteiger partial charge in [0, 0.05) is 43.3 Å². The van der Waals surface area contributed by atoms with Gasteiger partial charge in [-0.05, 0) is 53.9 Å². The summed E-state index contributed by atoms with van der Waals surface area (Å²) in [6.07, 6.45) is 1.91. The van der Waals surface area contributed by atoms with Crippen LogP contribution in [0, 0.1) is 0 Å². The van der Waals surface area contributed by atoms with Crippen molar-refractivity contribution in [1.29, 1.82) is 0 Å². The summed E-state index contributed by atoms with van der Waals surface area (Å²) in [5, 5.41) is 8.85. The normalized spacial score (nSPS) is 14.8. The Hall–Kier alpha value is -3.18. The molecule has 0 unspecified atom stereocenters. The number of benzene rings is 3. The second-order valence-electron chi connectivity index (χ2n) is 7.74. The maximum absolute atomic E-state index is 12.3. The Morgan fingerprint density at radius 1 is 1.03 bits per heavy atom. The first kappa shape index (κ1) is 20.1. The monoisotopic (exact) mass is 401 g/mol. The summed E-state index contributed by atoms with van der Waals surface area (Å²) in [5.41, 5.74) is 2.87. The van der Waals surface area contributed by atoms with E-state index >= 15 is 0 Å². The third-order valence-electron chi connectivity index (χ3n) is 5.63. The van der Waals surface area contributed by atoms with Crippen LogP contribution in [0.4, 0.5) is 11.4 Å². The summed E-state index contributed by atoms with van der Waals surface area (Å²) in [6.45, 7) is 3.49. The molecule has 0 aliphatic carbocycles. The molecule has 1 heterocycles. The van der Waals surface area contributed by atoms with Gasteiger partial charge in [-0.1, -0.05) is 42.5 Å². The Balaban J connectivity index is 1.28. The standard InChI is InChI=1S/C25H27N3O2/c1-18(22-9-4-7-19-6-2-3-8-23(19)22)26-16-15-24(29)27-20-11-13-21(14-12-20)28-17-5-10-25(28)30/h2-4,6-9,11-14,18,26H,5,10,15-17H2,1H3,(H,27,29)/t18-/m1/s1. The summed E-state index contributed by atoms with van der Waals surface area (Å²) in [7, 11) is 0. The highest BCUT2D eigenvalue weighted by atomic mass is 16.2. The van der Waals surface area contributed by atoms with Gasteiger partial charge in [-0.2, -0.15) is 0 Å². The molecule has 30 heavy (non-hydrogen) atoms. The van der Waals surface area contributed by atoms with Gasteiger partial charge in [0.05, 0.1) is 0 Å². The molecule has 5 heteroatoms. The molecular weight excluding hydrogens is 374 g/mol. The quantitative estimate of drug-likeness (QED) is 0.606. The van der Waals surface area contributed by atoms with E-state index in [2.05, 4.69) is 54.0 Å². The number of hydrogen-bond donors (Lipinski definition) is 2. The van der Waals surface area contributed by atoms with Gasteiger partial charge in [0.1, 0.15) is 0 Å². The summed E-state index contributed by atoms with van der Waals surface area (Å²) in [6, 6.07) is 22.3. The fraction of sp³-hybridized carbons (Fsp3) is 0.280. The molecule has 3 aromatic rings. The van der Waals surface area contributed by atoms with E-state index in [0.29, 0.717) is 19.4 Å². The van der Waals surface area contributed by atoms with E-state index in [-0.39, 0.29) is 17.9 Å². The number of carbonyl (C=O) groups is 2. The van der Waals surface area contributed by atoms with Crippen molar-refractivity contribution in [3.05, 3.63) is 72.3 Å². The Kier molecular flexibility index (Phi) is 6.10. The number of amides is 2. The van der Waals surface area contributed by atoms with Gasteiger partial charge in [0.25, 0.3) is 0 Å². The van der Waals surface area contributed by atoms with Crippen LogP contribution in [0.2, 0.25) is 0 Å². The lowest BCUT2D eigenvalue weighted by atomic mass is 10.00. The average molecular weight is 402 g/mol. The number of carbonyl (C=O) groups excluding carboxylic acids is 2. The zero-order valence-corrected chi connectivity index (χ0v) is 17.2. The molecule has 1 saturated heterocycles. The average Bonchev–Trinajstić information content (AvgIpc) is 3.19. The Morgan fingerprint density at radius 3 is 2.57 bits per heavy atom. The van der Waals surface area contributed by atoms with E-state index in [9.17, 15) is 9.59 Å². The number of anilines is 2. The largest absolute Gasteiger partial charge is 0.326 e. The molecular formula is C25H27N3O2. The van der Waals surface area contributed by atoms with E-state index < -0.39 is 0 Å². The van der Waals surface area contributed by atoms with E-state index in [1.807, 2.05) is 30.3 Å². The van der Waals surface area contributed by atoms with Crippen LogP contribution in [-0.4, -0.2) is 24.9 Å². The predicted molar refractivity (Wildman–Crippen MR) is 122 cm³/mol. The summed E-state index contributed by atoms with van der Waals surface area (Å²) >= 11 is 0. The second-order valence-corrected chi connectivity index (χ2v) is 7.74. The van der Waals surface area contributed by atoms with E-state index in [0.717, 1.165) is 24.3 Å². The van der Waals surface area contributed by atoms with Crippen molar-refractivity contribution in [3.63, 3.8) is 0 Å². The molecule has 0 bridgehead atoms. The molecule has 1 fully saturated rings. The van der Waals surface area contributed by atoms with Crippen LogP contribution in [0.15, 0.2) is 66.7 Å². The minimum Gasteiger partial charge on any atom is -0.326 e. The molecule has 1 aliphatic rings. The summed E-state index contributed by atoms with van der Waals surface area (Å²) in [5.74, 6) is 0.135. The second kappa shape index (κ2) is 9.09. The van der Waals surface area contributed by atoms with Gasteiger partial charge in [-0.15, -0.1) is 0 Å². The van der Waals surface area contributed by atoms with Gasteiger partial charge < -0.3 is 15.5 Å². The highest BCUT2D eigenvalue weighted by Gasteiger charge is 2.21. The summed E-state index contributed by atoms with van der Waals surface area (Å²) < 4.78 is 0. The van der Waals surface area contributed by atoms with Gasteiger partial charge in [-0.3, -0.25) is 9.59 Å². The molecule has 154 valence electrons. The first-order valence-corrected chi connectivity index (χ1v) is 10.5. The molecule has 1 atom stereocenters. The molecule has 5 nitrogen and oxygen atoms in total. The molecule has 2 N–H and O–H groups in total. The van der Waals surface area contributed by atoms with Crippen molar-refractivity contribution in [2.75, 3.05) is 23.3 Å². The third-order valence-corrected chi connectivity index (χ3v) is 5.63. The number of hydrogen-bond acceptors (Lipinski definition) is 3. The maximum atomic E-state index is 12.3. The fourth-order valence-corrected chi connectivity index (χ4v) is 4.01. The van der Waals surface area contributed by atoms with E-state index in [1.54, 1.807) is 4.90 Å². The minimum atomic E-state index is -0.0300. The van der Waals surface area contributed by atoms with Crippen molar-refractivity contribution in [2.45, 2.75) is 32.2 Å². The van der Waals surface area contributed by atoms with E-state index in [4.69, 9.17) is 0 Å². The van der Waals surface area contributed by atoms with Crippen LogP contribution < -0.4 is 15.5 Å². The van der Waals surface area contributed by atoms with Gasteiger partial charge >= 0.3 is 0 Å². The Morgan fingerprint density at radius 2 is 1.80 bits per heavy atom. The first-order valence-electron chi connectivity index (χ1n) is 10.5. The minimum absolute atomic E-state index is 0.0300. The van der Waals surface area contributed by atoms with Crippen LogP contribution in [0.3, 0.4) is 0 Å².